The Labute approximate surface area is 168 Å². The van der Waals surface area contributed by atoms with Crippen LogP contribution in [0.2, 0.25) is 0 Å². The van der Waals surface area contributed by atoms with Crippen molar-refractivity contribution < 1.29 is 13.9 Å². The smallest absolute Gasteiger partial charge is 0.121 e. The van der Waals surface area contributed by atoms with E-state index in [0.717, 1.165) is 53.5 Å². The van der Waals surface area contributed by atoms with Gasteiger partial charge >= 0.3 is 0 Å². The van der Waals surface area contributed by atoms with Crippen molar-refractivity contribution in [1.29, 1.82) is 0 Å². The molecule has 0 bridgehead atoms. The molecular formula is C22H22N4O3. The maximum atomic E-state index is 6.02. The van der Waals surface area contributed by atoms with Gasteiger partial charge in [0.05, 0.1) is 32.0 Å². The summed E-state index contributed by atoms with van der Waals surface area (Å²) >= 11 is 0. The van der Waals surface area contributed by atoms with E-state index in [1.807, 2.05) is 47.1 Å². The SMILES string of the molecule is COc1ccc(-c2ccc3c(C4CN(Cc5ccco5)CCO4)nnn3c2)cc1. The molecule has 0 N–H and O–H groups in total. The minimum atomic E-state index is -0.108. The summed E-state index contributed by atoms with van der Waals surface area (Å²) in [4.78, 5) is 2.32. The second-order valence-corrected chi connectivity index (χ2v) is 7.12. The van der Waals surface area contributed by atoms with Crippen molar-refractivity contribution in [3.8, 4) is 16.9 Å². The normalized spacial score (nSPS) is 17.6. The fourth-order valence-electron chi connectivity index (χ4n) is 3.73. The first-order chi connectivity index (χ1) is 14.3. The zero-order chi connectivity index (χ0) is 19.6. The van der Waals surface area contributed by atoms with Gasteiger partial charge in [-0.2, -0.15) is 0 Å². The third-order valence-electron chi connectivity index (χ3n) is 5.28. The fraction of sp³-hybridized carbons (Fsp3) is 0.273. The van der Waals surface area contributed by atoms with Crippen LogP contribution in [0.15, 0.2) is 65.4 Å². The molecule has 5 rings (SSSR count). The second-order valence-electron chi connectivity index (χ2n) is 7.12. The van der Waals surface area contributed by atoms with Crippen LogP contribution in [0.25, 0.3) is 16.6 Å². The van der Waals surface area contributed by atoms with Gasteiger partial charge < -0.3 is 13.9 Å². The maximum Gasteiger partial charge on any atom is 0.121 e. The minimum absolute atomic E-state index is 0.108. The number of hydrogen-bond donors (Lipinski definition) is 0. The van der Waals surface area contributed by atoms with Gasteiger partial charge in [0.1, 0.15) is 23.3 Å². The monoisotopic (exact) mass is 390 g/mol. The lowest BCUT2D eigenvalue weighted by Gasteiger charge is -2.31. The van der Waals surface area contributed by atoms with Crippen LogP contribution in [-0.4, -0.2) is 46.5 Å². The minimum Gasteiger partial charge on any atom is -0.497 e. The zero-order valence-electron chi connectivity index (χ0n) is 16.2. The average Bonchev–Trinajstić information content (AvgIpc) is 3.43. The molecule has 4 heterocycles. The lowest BCUT2D eigenvalue weighted by molar-refractivity contribution is -0.0360. The van der Waals surface area contributed by atoms with Crippen molar-refractivity contribution in [2.75, 3.05) is 26.8 Å². The first-order valence-electron chi connectivity index (χ1n) is 9.66. The molecular weight excluding hydrogens is 368 g/mol. The van der Waals surface area contributed by atoms with Crippen LogP contribution in [0.3, 0.4) is 0 Å². The molecule has 3 aromatic heterocycles. The number of methoxy groups -OCH3 is 1. The Morgan fingerprint density at radius 1 is 1.10 bits per heavy atom. The number of pyridine rings is 1. The van der Waals surface area contributed by atoms with E-state index in [-0.39, 0.29) is 6.10 Å². The Kier molecular flexibility index (Phi) is 4.75. The summed E-state index contributed by atoms with van der Waals surface area (Å²) in [5.41, 5.74) is 4.01. The van der Waals surface area contributed by atoms with Crippen LogP contribution in [-0.2, 0) is 11.3 Å². The number of fused-ring (bicyclic) bond motifs is 1. The zero-order valence-corrected chi connectivity index (χ0v) is 16.2. The standard InChI is InChI=1S/C22H22N4O3/c1-27-18-7-4-16(5-8-18)17-6-9-20-22(23-24-26(20)13-17)21-15-25(10-12-29-21)14-19-3-2-11-28-19/h2-9,11,13,21H,10,12,14-15H2,1H3. The molecule has 1 saturated heterocycles. The first-order valence-corrected chi connectivity index (χ1v) is 9.66. The molecule has 29 heavy (non-hydrogen) atoms. The van der Waals surface area contributed by atoms with Gasteiger partial charge in [0.2, 0.25) is 0 Å². The summed E-state index contributed by atoms with van der Waals surface area (Å²) in [6.07, 6.45) is 3.60. The summed E-state index contributed by atoms with van der Waals surface area (Å²) in [5, 5.41) is 8.77. The van der Waals surface area contributed by atoms with Crippen LogP contribution in [0.5, 0.6) is 5.75 Å². The van der Waals surface area contributed by atoms with E-state index >= 15 is 0 Å². The number of nitrogens with zero attached hydrogens (tertiary/aromatic N) is 4. The van der Waals surface area contributed by atoms with Gasteiger partial charge in [0.25, 0.3) is 0 Å². The summed E-state index contributed by atoms with van der Waals surface area (Å²) in [6, 6.07) is 16.0. The highest BCUT2D eigenvalue weighted by Gasteiger charge is 2.26. The number of ether oxygens (including phenoxy) is 2. The number of furan rings is 1. The number of aromatic nitrogens is 3. The van der Waals surface area contributed by atoms with E-state index in [1.165, 1.54) is 0 Å². The molecule has 0 amide bonds. The number of benzene rings is 1. The average molecular weight is 390 g/mol. The van der Waals surface area contributed by atoms with E-state index in [0.29, 0.717) is 6.61 Å². The topological polar surface area (TPSA) is 65.0 Å². The summed E-state index contributed by atoms with van der Waals surface area (Å²) in [5.74, 6) is 1.80. The van der Waals surface area contributed by atoms with E-state index in [4.69, 9.17) is 13.9 Å². The highest BCUT2D eigenvalue weighted by Crippen LogP contribution is 2.28. The third kappa shape index (κ3) is 3.62. The van der Waals surface area contributed by atoms with Gasteiger partial charge in [-0.05, 0) is 35.9 Å². The van der Waals surface area contributed by atoms with E-state index in [1.54, 1.807) is 13.4 Å². The fourth-order valence-corrected chi connectivity index (χ4v) is 3.73. The molecule has 1 fully saturated rings. The molecule has 148 valence electrons. The van der Waals surface area contributed by atoms with Crippen LogP contribution in [0.4, 0.5) is 0 Å². The van der Waals surface area contributed by atoms with Crippen LogP contribution in [0.1, 0.15) is 17.6 Å². The van der Waals surface area contributed by atoms with Gasteiger partial charge in [0.15, 0.2) is 0 Å². The Bertz CT molecular complexity index is 1090. The Morgan fingerprint density at radius 3 is 2.76 bits per heavy atom. The predicted octanol–water partition coefficient (Wildman–Crippen LogP) is 3.57. The molecule has 0 saturated carbocycles. The van der Waals surface area contributed by atoms with Crippen LogP contribution in [0, 0.1) is 0 Å². The summed E-state index contributed by atoms with van der Waals surface area (Å²) < 4.78 is 18.6. The highest BCUT2D eigenvalue weighted by atomic mass is 16.5. The molecule has 0 aliphatic carbocycles. The first kappa shape index (κ1) is 17.9. The molecule has 0 radical (unpaired) electrons. The van der Waals surface area contributed by atoms with Crippen molar-refractivity contribution in [2.24, 2.45) is 0 Å². The van der Waals surface area contributed by atoms with Crippen molar-refractivity contribution in [3.63, 3.8) is 0 Å². The van der Waals surface area contributed by atoms with Gasteiger partial charge in [-0.1, -0.05) is 23.4 Å². The van der Waals surface area contributed by atoms with Gasteiger partial charge in [0, 0.05) is 24.8 Å². The van der Waals surface area contributed by atoms with Crippen molar-refractivity contribution in [2.45, 2.75) is 12.6 Å². The summed E-state index contributed by atoms with van der Waals surface area (Å²) in [6.45, 7) is 3.06. The number of rotatable bonds is 5. The molecule has 1 atom stereocenters. The molecule has 1 aliphatic heterocycles. The van der Waals surface area contributed by atoms with Crippen molar-refractivity contribution in [3.05, 3.63) is 72.4 Å². The van der Waals surface area contributed by atoms with E-state index in [2.05, 4.69) is 27.3 Å². The second kappa shape index (κ2) is 7.69. The Hall–Kier alpha value is -3.16. The Balaban J connectivity index is 1.37. The summed E-state index contributed by atoms with van der Waals surface area (Å²) in [7, 11) is 1.67. The van der Waals surface area contributed by atoms with Crippen LogP contribution >= 0.6 is 0 Å². The molecule has 4 aromatic rings. The number of morpholine rings is 1. The van der Waals surface area contributed by atoms with Crippen molar-refractivity contribution >= 4 is 5.52 Å². The molecule has 7 nitrogen and oxygen atoms in total. The third-order valence-corrected chi connectivity index (χ3v) is 5.28. The van der Waals surface area contributed by atoms with Crippen molar-refractivity contribution in [1.82, 2.24) is 19.7 Å². The maximum absolute atomic E-state index is 6.02. The molecule has 0 spiro atoms. The molecule has 1 aromatic carbocycles. The quantitative estimate of drug-likeness (QED) is 0.519. The number of hydrogen-bond acceptors (Lipinski definition) is 6. The van der Waals surface area contributed by atoms with Gasteiger partial charge in [-0.15, -0.1) is 5.10 Å². The largest absolute Gasteiger partial charge is 0.497 e. The Morgan fingerprint density at radius 2 is 1.97 bits per heavy atom. The molecule has 1 aliphatic rings. The van der Waals surface area contributed by atoms with Crippen LogP contribution < -0.4 is 4.74 Å². The lowest BCUT2D eigenvalue weighted by Crippen LogP contribution is -2.37. The van der Waals surface area contributed by atoms with Gasteiger partial charge in [-0.3, -0.25) is 4.90 Å². The highest BCUT2D eigenvalue weighted by molar-refractivity contribution is 5.66. The lowest BCUT2D eigenvalue weighted by atomic mass is 10.1. The van der Waals surface area contributed by atoms with E-state index in [9.17, 15) is 0 Å². The predicted molar refractivity (Wildman–Crippen MR) is 108 cm³/mol. The molecule has 1 unspecified atom stereocenters. The molecule has 7 heteroatoms. The van der Waals surface area contributed by atoms with E-state index < -0.39 is 0 Å². The van der Waals surface area contributed by atoms with Gasteiger partial charge in [-0.25, -0.2) is 4.52 Å².